The number of nitrogens with one attached hydrogen (secondary N) is 1. The van der Waals surface area contributed by atoms with Crippen molar-refractivity contribution in [1.29, 1.82) is 0 Å². The Morgan fingerprint density at radius 3 is 2.70 bits per heavy atom. The van der Waals surface area contributed by atoms with Gasteiger partial charge in [-0.15, -0.1) is 13.2 Å². The highest BCUT2D eigenvalue weighted by Crippen LogP contribution is 2.20. The van der Waals surface area contributed by atoms with E-state index in [9.17, 15) is 13.2 Å². The quantitative estimate of drug-likeness (QED) is 0.604. The summed E-state index contributed by atoms with van der Waals surface area (Å²) in [6.07, 6.45) is -0.991. The van der Waals surface area contributed by atoms with Gasteiger partial charge >= 0.3 is 6.36 Å². The van der Waals surface area contributed by atoms with E-state index in [0.717, 1.165) is 6.08 Å². The van der Waals surface area contributed by atoms with Gasteiger partial charge in [0.25, 0.3) is 0 Å². The molecule has 0 saturated carbocycles. The van der Waals surface area contributed by atoms with E-state index in [4.69, 9.17) is 0 Å². The van der Waals surface area contributed by atoms with Crippen LogP contribution in [-0.2, 0) is 4.74 Å². The normalized spacial score (nSPS) is 18.1. The van der Waals surface area contributed by atoms with Gasteiger partial charge in [-0.3, -0.25) is 0 Å². The highest BCUT2D eigenvalue weighted by atomic mass is 19.4. The van der Waals surface area contributed by atoms with Crippen LogP contribution in [0.2, 0.25) is 0 Å². The van der Waals surface area contributed by atoms with Gasteiger partial charge in [-0.2, -0.15) is 0 Å². The largest absolute Gasteiger partial charge is 0.574 e. The molecule has 0 atom stereocenters. The average molecular weight is 151 g/mol. The van der Waals surface area contributed by atoms with E-state index < -0.39 is 6.36 Å². The lowest BCUT2D eigenvalue weighted by Gasteiger charge is -2.08. The monoisotopic (exact) mass is 151 g/mol. The minimum atomic E-state index is -4.61. The maximum atomic E-state index is 11.4. The van der Waals surface area contributed by atoms with Crippen molar-refractivity contribution >= 4 is 0 Å². The van der Waals surface area contributed by atoms with E-state index in [-0.39, 0.29) is 12.4 Å². The average Bonchev–Trinajstić information content (AvgIpc) is 2.12. The molecule has 1 aliphatic heterocycles. The molecule has 10 heavy (non-hydrogen) atoms. The maximum Gasteiger partial charge on any atom is 0.574 e. The van der Waals surface area contributed by atoms with Gasteiger partial charge in [0, 0.05) is 13.0 Å². The summed E-state index contributed by atoms with van der Waals surface area (Å²) in [7, 11) is 0. The smallest absolute Gasteiger partial charge is 0.391 e. The summed E-state index contributed by atoms with van der Waals surface area (Å²) in [5.74, 6) is -0.299. The van der Waals surface area contributed by atoms with Gasteiger partial charge < -0.3 is 10.1 Å². The van der Waals surface area contributed by atoms with Gasteiger partial charge in [-0.05, 0) is 6.08 Å². The van der Waals surface area contributed by atoms with Crippen LogP contribution in [0.3, 0.4) is 0 Å². The zero-order valence-electron chi connectivity index (χ0n) is 4.83. The first-order valence-corrected chi connectivity index (χ1v) is 2.51. The first kappa shape index (κ1) is 7.24. The Morgan fingerprint density at radius 2 is 2.30 bits per heavy atom. The second-order valence-electron chi connectivity index (χ2n) is 1.61. The van der Waals surface area contributed by atoms with Gasteiger partial charge in [0.15, 0.2) is 5.88 Å². The second-order valence-corrected chi connectivity index (χ2v) is 1.61. The SMILES string of the molecule is FC(F)(F)OC1=C[C]CN1. The third-order valence-electron chi connectivity index (χ3n) is 0.824. The van der Waals surface area contributed by atoms with Gasteiger partial charge in [0.1, 0.15) is 0 Å². The molecular formula is C5H4F3NO. The maximum absolute atomic E-state index is 11.4. The van der Waals surface area contributed by atoms with Crippen LogP contribution in [0.1, 0.15) is 0 Å². The Balaban J connectivity index is 2.38. The van der Waals surface area contributed by atoms with Crippen LogP contribution in [0.5, 0.6) is 0 Å². The fourth-order valence-corrected chi connectivity index (χ4v) is 0.523. The lowest BCUT2D eigenvalue weighted by atomic mass is 10.5. The molecule has 1 heterocycles. The fraction of sp³-hybridized carbons (Fsp3) is 0.400. The predicted molar refractivity (Wildman–Crippen MR) is 26.5 cm³/mol. The van der Waals surface area contributed by atoms with Crippen molar-refractivity contribution in [2.24, 2.45) is 0 Å². The van der Waals surface area contributed by atoms with E-state index >= 15 is 0 Å². The van der Waals surface area contributed by atoms with Gasteiger partial charge in [0.2, 0.25) is 0 Å². The lowest BCUT2D eigenvalue weighted by molar-refractivity contribution is -0.307. The van der Waals surface area contributed by atoms with Crippen molar-refractivity contribution in [2.75, 3.05) is 6.54 Å². The highest BCUT2D eigenvalue weighted by Gasteiger charge is 2.32. The second kappa shape index (κ2) is 2.40. The van der Waals surface area contributed by atoms with Gasteiger partial charge in [-0.1, -0.05) is 0 Å². The van der Waals surface area contributed by atoms with Crippen LogP contribution < -0.4 is 5.32 Å². The summed E-state index contributed by atoms with van der Waals surface area (Å²) in [6, 6.07) is 0. The first-order valence-electron chi connectivity index (χ1n) is 2.51. The summed E-state index contributed by atoms with van der Waals surface area (Å²) < 4.78 is 37.6. The van der Waals surface area contributed by atoms with Gasteiger partial charge in [-0.25, -0.2) is 0 Å². The number of ether oxygens (including phenoxy) is 1. The summed E-state index contributed by atoms with van der Waals surface area (Å²) in [5.41, 5.74) is 0. The molecule has 0 aliphatic carbocycles. The summed E-state index contributed by atoms with van der Waals surface area (Å²) in [4.78, 5) is 0. The first-order chi connectivity index (χ1) is 4.58. The van der Waals surface area contributed by atoms with Crippen molar-refractivity contribution in [3.8, 4) is 0 Å². The van der Waals surface area contributed by atoms with Crippen LogP contribution >= 0.6 is 0 Å². The molecule has 0 unspecified atom stereocenters. The van der Waals surface area contributed by atoms with E-state index in [1.807, 2.05) is 0 Å². The van der Waals surface area contributed by atoms with E-state index in [0.29, 0.717) is 0 Å². The molecule has 0 saturated heterocycles. The third kappa shape index (κ3) is 2.16. The molecule has 56 valence electrons. The van der Waals surface area contributed by atoms with Crippen molar-refractivity contribution in [1.82, 2.24) is 5.32 Å². The van der Waals surface area contributed by atoms with Crippen molar-refractivity contribution in [3.63, 3.8) is 0 Å². The Morgan fingerprint density at radius 1 is 1.60 bits per heavy atom. The Bertz CT molecular complexity index is 151. The summed E-state index contributed by atoms with van der Waals surface area (Å²) in [5, 5.41) is 2.32. The molecule has 2 nitrogen and oxygen atoms in total. The van der Waals surface area contributed by atoms with Gasteiger partial charge in [0.05, 0.1) is 0 Å². The third-order valence-corrected chi connectivity index (χ3v) is 0.824. The molecule has 0 aromatic rings. The molecule has 0 spiro atoms. The molecule has 1 N–H and O–H groups in total. The number of hydrogen-bond acceptors (Lipinski definition) is 2. The summed E-state index contributed by atoms with van der Waals surface area (Å²) >= 11 is 0. The lowest BCUT2D eigenvalue weighted by Crippen LogP contribution is -2.19. The minimum Gasteiger partial charge on any atom is -0.391 e. The fourth-order valence-electron chi connectivity index (χ4n) is 0.523. The predicted octanol–water partition coefficient (Wildman–Crippen LogP) is 1.05. The molecule has 0 bridgehead atoms. The molecule has 1 rings (SSSR count). The van der Waals surface area contributed by atoms with E-state index in [1.54, 1.807) is 0 Å². The number of hydrogen-bond donors (Lipinski definition) is 1. The van der Waals surface area contributed by atoms with Crippen molar-refractivity contribution in [2.45, 2.75) is 6.36 Å². The van der Waals surface area contributed by atoms with Crippen LogP contribution in [0.25, 0.3) is 0 Å². The van der Waals surface area contributed by atoms with Crippen LogP contribution in [0, 0.1) is 6.42 Å². The number of alkyl halides is 3. The molecule has 0 aromatic heterocycles. The van der Waals surface area contributed by atoms with Crippen LogP contribution in [0.15, 0.2) is 12.0 Å². The molecule has 0 fully saturated rings. The van der Waals surface area contributed by atoms with E-state index in [2.05, 4.69) is 16.5 Å². The number of halogens is 3. The standard InChI is InChI=1S/C5H4F3NO/c6-5(7,8)10-4-2-1-3-9-4/h2,9H,3H2. The van der Waals surface area contributed by atoms with Crippen LogP contribution in [-0.4, -0.2) is 12.9 Å². The van der Waals surface area contributed by atoms with Crippen LogP contribution in [0.4, 0.5) is 13.2 Å². The molecular weight excluding hydrogens is 147 g/mol. The molecule has 0 amide bonds. The van der Waals surface area contributed by atoms with E-state index in [1.165, 1.54) is 0 Å². The molecule has 1 aliphatic rings. The Kier molecular flexibility index (Phi) is 1.74. The topological polar surface area (TPSA) is 21.3 Å². The van der Waals surface area contributed by atoms with Crippen molar-refractivity contribution in [3.05, 3.63) is 18.4 Å². The minimum absolute atomic E-state index is 0.269. The van der Waals surface area contributed by atoms with Crippen molar-refractivity contribution < 1.29 is 17.9 Å². The molecule has 5 heteroatoms. The molecule has 0 aromatic carbocycles. The Hall–Kier alpha value is -0.870. The Labute approximate surface area is 55.7 Å². The zero-order chi connectivity index (χ0) is 7.61. The zero-order valence-corrected chi connectivity index (χ0v) is 4.83. The highest BCUT2D eigenvalue weighted by molar-refractivity contribution is 5.09. The number of rotatable bonds is 1. The molecule has 2 radical (unpaired) electrons. The summed E-state index contributed by atoms with van der Waals surface area (Å²) in [6.45, 7) is 0.269.